The molecule has 0 saturated heterocycles. The molecule has 0 atom stereocenters. The first-order valence-corrected chi connectivity index (χ1v) is 8.51. The highest BCUT2D eigenvalue weighted by atomic mass is 32.2. The lowest BCUT2D eigenvalue weighted by Gasteiger charge is -1.98. The third-order valence-corrected chi connectivity index (χ3v) is 4.98. The van der Waals surface area contributed by atoms with E-state index in [1.807, 2.05) is 40.9 Å². The van der Waals surface area contributed by atoms with Gasteiger partial charge in [0.1, 0.15) is 5.69 Å². The topological polar surface area (TPSA) is 56.0 Å². The Morgan fingerprint density at radius 2 is 1.86 bits per heavy atom. The number of pyridine rings is 1. The lowest BCUT2D eigenvalue weighted by molar-refractivity contribution is 0.886. The SMILES string of the molecule is c1ccc(SCc2nnc3sc(-c4ccccn4)nn23)cc1. The van der Waals surface area contributed by atoms with E-state index in [-0.39, 0.29) is 0 Å². The van der Waals surface area contributed by atoms with Gasteiger partial charge in [0.15, 0.2) is 10.8 Å². The van der Waals surface area contributed by atoms with E-state index in [4.69, 9.17) is 0 Å². The van der Waals surface area contributed by atoms with Crippen LogP contribution in [0, 0.1) is 0 Å². The van der Waals surface area contributed by atoms with Crippen LogP contribution in [0.3, 0.4) is 0 Å². The van der Waals surface area contributed by atoms with E-state index in [9.17, 15) is 0 Å². The first-order valence-electron chi connectivity index (χ1n) is 6.70. The molecule has 4 rings (SSSR count). The van der Waals surface area contributed by atoms with Crippen molar-refractivity contribution in [2.45, 2.75) is 10.6 Å². The summed E-state index contributed by atoms with van der Waals surface area (Å²) in [4.78, 5) is 6.33. The average molecular weight is 325 g/mol. The van der Waals surface area contributed by atoms with Crippen molar-refractivity contribution in [3.63, 3.8) is 0 Å². The first kappa shape index (κ1) is 13.4. The molecular formula is C15H11N5S2. The summed E-state index contributed by atoms with van der Waals surface area (Å²) in [5.74, 6) is 1.58. The van der Waals surface area contributed by atoms with Crippen molar-refractivity contribution in [2.75, 3.05) is 0 Å². The van der Waals surface area contributed by atoms with Crippen LogP contribution < -0.4 is 0 Å². The third-order valence-electron chi connectivity index (χ3n) is 3.05. The lowest BCUT2D eigenvalue weighted by Crippen LogP contribution is -1.94. The maximum atomic E-state index is 4.59. The van der Waals surface area contributed by atoms with Gasteiger partial charge in [-0.05, 0) is 24.3 Å². The summed E-state index contributed by atoms with van der Waals surface area (Å²) in [6.45, 7) is 0. The molecule has 0 aliphatic rings. The van der Waals surface area contributed by atoms with Gasteiger partial charge in [0.2, 0.25) is 4.96 Å². The van der Waals surface area contributed by atoms with Gasteiger partial charge in [0, 0.05) is 11.1 Å². The lowest BCUT2D eigenvalue weighted by atomic mass is 10.4. The molecule has 22 heavy (non-hydrogen) atoms. The van der Waals surface area contributed by atoms with Gasteiger partial charge in [-0.3, -0.25) is 4.98 Å². The minimum absolute atomic E-state index is 0.733. The molecule has 0 N–H and O–H groups in total. The van der Waals surface area contributed by atoms with E-state index in [2.05, 4.69) is 32.4 Å². The summed E-state index contributed by atoms with van der Waals surface area (Å²) in [5.41, 5.74) is 0.861. The van der Waals surface area contributed by atoms with Crippen LogP contribution in [0.2, 0.25) is 0 Å². The van der Waals surface area contributed by atoms with Crippen molar-refractivity contribution in [1.82, 2.24) is 24.8 Å². The number of nitrogens with zero attached hydrogens (tertiary/aromatic N) is 5. The fraction of sp³-hybridized carbons (Fsp3) is 0.0667. The largest absolute Gasteiger partial charge is 0.254 e. The summed E-state index contributed by atoms with van der Waals surface area (Å²) in [5, 5.41) is 13.9. The summed E-state index contributed by atoms with van der Waals surface area (Å²) < 4.78 is 1.81. The van der Waals surface area contributed by atoms with E-state index < -0.39 is 0 Å². The quantitative estimate of drug-likeness (QED) is 0.537. The fourth-order valence-electron chi connectivity index (χ4n) is 2.00. The van der Waals surface area contributed by atoms with E-state index in [0.717, 1.165) is 27.2 Å². The molecule has 7 heteroatoms. The Morgan fingerprint density at radius 3 is 2.68 bits per heavy atom. The van der Waals surface area contributed by atoms with E-state index in [0.29, 0.717) is 0 Å². The Kier molecular flexibility index (Phi) is 3.57. The first-order chi connectivity index (χ1) is 10.9. The molecule has 3 aromatic heterocycles. The standard InChI is InChI=1S/C15H11N5S2/c1-2-6-11(7-3-1)21-10-13-17-18-15-20(13)19-14(22-15)12-8-4-5-9-16-12/h1-9H,10H2. The Labute approximate surface area is 135 Å². The van der Waals surface area contributed by atoms with Gasteiger partial charge in [-0.1, -0.05) is 35.6 Å². The zero-order valence-electron chi connectivity index (χ0n) is 11.5. The highest BCUT2D eigenvalue weighted by Gasteiger charge is 2.13. The van der Waals surface area contributed by atoms with Gasteiger partial charge in [-0.15, -0.1) is 22.0 Å². The Bertz CT molecular complexity index is 886. The predicted molar refractivity (Wildman–Crippen MR) is 87.9 cm³/mol. The summed E-state index contributed by atoms with van der Waals surface area (Å²) in [6, 6.07) is 16.0. The summed E-state index contributed by atoms with van der Waals surface area (Å²) >= 11 is 3.22. The highest BCUT2D eigenvalue weighted by Crippen LogP contribution is 2.26. The molecule has 1 aromatic carbocycles. The zero-order chi connectivity index (χ0) is 14.8. The van der Waals surface area contributed by atoms with E-state index in [1.54, 1.807) is 18.0 Å². The molecule has 0 saturated carbocycles. The molecule has 108 valence electrons. The van der Waals surface area contributed by atoms with Crippen molar-refractivity contribution in [3.8, 4) is 10.7 Å². The van der Waals surface area contributed by atoms with Crippen molar-refractivity contribution in [2.24, 2.45) is 0 Å². The van der Waals surface area contributed by atoms with Crippen LogP contribution in [-0.2, 0) is 5.75 Å². The third kappa shape index (κ3) is 2.60. The molecular weight excluding hydrogens is 314 g/mol. The van der Waals surface area contributed by atoms with Gasteiger partial charge < -0.3 is 0 Å². The van der Waals surface area contributed by atoms with Gasteiger partial charge in [0.25, 0.3) is 0 Å². The zero-order valence-corrected chi connectivity index (χ0v) is 13.1. The van der Waals surface area contributed by atoms with Gasteiger partial charge >= 0.3 is 0 Å². The second-order valence-electron chi connectivity index (χ2n) is 4.53. The molecule has 0 aliphatic heterocycles. The number of hydrogen-bond acceptors (Lipinski definition) is 6. The Morgan fingerprint density at radius 1 is 1.00 bits per heavy atom. The van der Waals surface area contributed by atoms with Gasteiger partial charge in [-0.25, -0.2) is 0 Å². The molecule has 0 radical (unpaired) electrons. The van der Waals surface area contributed by atoms with Crippen molar-refractivity contribution in [1.29, 1.82) is 0 Å². The van der Waals surface area contributed by atoms with Crippen molar-refractivity contribution >= 4 is 28.1 Å². The molecule has 4 aromatic rings. The summed E-state index contributed by atoms with van der Waals surface area (Å²) in [6.07, 6.45) is 1.77. The normalized spacial score (nSPS) is 11.1. The van der Waals surface area contributed by atoms with Gasteiger partial charge in [0.05, 0.1) is 5.75 Å². The van der Waals surface area contributed by atoms with Crippen LogP contribution in [0.1, 0.15) is 5.82 Å². The van der Waals surface area contributed by atoms with Crippen LogP contribution in [0.4, 0.5) is 0 Å². The smallest absolute Gasteiger partial charge is 0.235 e. The fourth-order valence-corrected chi connectivity index (χ4v) is 3.67. The molecule has 0 aliphatic carbocycles. The van der Waals surface area contributed by atoms with Crippen LogP contribution in [-0.4, -0.2) is 24.8 Å². The van der Waals surface area contributed by atoms with Crippen LogP contribution in [0.5, 0.6) is 0 Å². The van der Waals surface area contributed by atoms with Crippen molar-refractivity contribution < 1.29 is 0 Å². The summed E-state index contributed by atoms with van der Waals surface area (Å²) in [7, 11) is 0. The van der Waals surface area contributed by atoms with Gasteiger partial charge in [-0.2, -0.15) is 9.61 Å². The number of thioether (sulfide) groups is 1. The van der Waals surface area contributed by atoms with Crippen molar-refractivity contribution in [3.05, 3.63) is 60.6 Å². The molecule has 0 unspecified atom stereocenters. The number of hydrogen-bond donors (Lipinski definition) is 0. The minimum atomic E-state index is 0.733. The molecule has 5 nitrogen and oxygen atoms in total. The molecule has 0 bridgehead atoms. The highest BCUT2D eigenvalue weighted by molar-refractivity contribution is 7.98. The second kappa shape index (κ2) is 5.86. The van der Waals surface area contributed by atoms with E-state index >= 15 is 0 Å². The Balaban J connectivity index is 1.61. The number of benzene rings is 1. The number of fused-ring (bicyclic) bond motifs is 1. The maximum absolute atomic E-state index is 4.59. The van der Waals surface area contributed by atoms with Crippen LogP contribution in [0.25, 0.3) is 15.7 Å². The predicted octanol–water partition coefficient (Wildman–Crippen LogP) is 3.54. The molecule has 3 heterocycles. The maximum Gasteiger partial charge on any atom is 0.235 e. The number of rotatable bonds is 4. The minimum Gasteiger partial charge on any atom is -0.254 e. The Hall–Kier alpha value is -2.25. The second-order valence-corrected chi connectivity index (χ2v) is 6.54. The average Bonchev–Trinajstić information content (AvgIpc) is 3.16. The van der Waals surface area contributed by atoms with Crippen LogP contribution in [0.15, 0.2) is 59.6 Å². The molecule has 0 spiro atoms. The molecule has 0 amide bonds. The molecule has 0 fully saturated rings. The van der Waals surface area contributed by atoms with Crippen LogP contribution >= 0.6 is 23.1 Å². The van der Waals surface area contributed by atoms with E-state index in [1.165, 1.54) is 16.2 Å². The monoisotopic (exact) mass is 325 g/mol. The number of aromatic nitrogens is 5.